The summed E-state index contributed by atoms with van der Waals surface area (Å²) in [6, 6.07) is 4.21. The molecule has 0 bridgehead atoms. The van der Waals surface area contributed by atoms with Gasteiger partial charge in [-0.3, -0.25) is 9.59 Å². The second-order valence-corrected chi connectivity index (χ2v) is 8.84. The molecule has 2 saturated carbocycles. The van der Waals surface area contributed by atoms with Crippen LogP contribution in [0.4, 0.5) is 0 Å². The van der Waals surface area contributed by atoms with E-state index in [4.69, 9.17) is 0 Å². The van der Waals surface area contributed by atoms with E-state index < -0.39 is 0 Å². The van der Waals surface area contributed by atoms with Gasteiger partial charge in [-0.2, -0.15) is 0 Å². The molecule has 1 aromatic heterocycles. The Morgan fingerprint density at radius 3 is 2.48 bits per heavy atom. The van der Waals surface area contributed by atoms with Crippen LogP contribution in [0.5, 0.6) is 0 Å². The Labute approximate surface area is 154 Å². The fourth-order valence-electron chi connectivity index (χ4n) is 4.48. The third-order valence-electron chi connectivity index (χ3n) is 6.20. The van der Waals surface area contributed by atoms with Crippen LogP contribution in [0.2, 0.25) is 0 Å². The molecule has 2 aliphatic carbocycles. The van der Waals surface area contributed by atoms with Gasteiger partial charge in [0.1, 0.15) is 0 Å². The highest BCUT2D eigenvalue weighted by atomic mass is 32.1. The molecule has 3 fully saturated rings. The number of rotatable bonds is 5. The summed E-state index contributed by atoms with van der Waals surface area (Å²) in [5, 5.41) is 2.09. The van der Waals surface area contributed by atoms with Crippen molar-refractivity contribution in [2.75, 3.05) is 26.2 Å². The molecule has 25 heavy (non-hydrogen) atoms. The maximum Gasteiger partial charge on any atom is 0.226 e. The third kappa shape index (κ3) is 3.91. The smallest absolute Gasteiger partial charge is 0.226 e. The number of piperazine rings is 1. The number of hydrogen-bond donors (Lipinski definition) is 0. The zero-order valence-electron chi connectivity index (χ0n) is 14.9. The van der Waals surface area contributed by atoms with Crippen LogP contribution in [0.3, 0.4) is 0 Å². The molecule has 1 aliphatic heterocycles. The number of carbonyl (C=O) groups excluding carboxylic acids is 2. The first-order chi connectivity index (χ1) is 12.2. The molecule has 1 aromatic rings. The number of thiophene rings is 1. The highest BCUT2D eigenvalue weighted by Gasteiger charge is 2.46. The van der Waals surface area contributed by atoms with Crippen LogP contribution in [0.1, 0.15) is 55.7 Å². The molecule has 2 unspecified atom stereocenters. The van der Waals surface area contributed by atoms with Gasteiger partial charge in [0, 0.05) is 49.3 Å². The van der Waals surface area contributed by atoms with Gasteiger partial charge in [0.2, 0.25) is 11.8 Å². The Bertz CT molecular complexity index is 601. The Balaban J connectivity index is 1.20. The number of nitrogens with zero attached hydrogens (tertiary/aromatic N) is 2. The largest absolute Gasteiger partial charge is 0.339 e. The first kappa shape index (κ1) is 17.1. The summed E-state index contributed by atoms with van der Waals surface area (Å²) in [4.78, 5) is 30.4. The average molecular weight is 361 g/mol. The Hall–Kier alpha value is -1.36. The Morgan fingerprint density at radius 1 is 1.08 bits per heavy atom. The number of hydrogen-bond acceptors (Lipinski definition) is 3. The van der Waals surface area contributed by atoms with Gasteiger partial charge in [0.15, 0.2) is 0 Å². The van der Waals surface area contributed by atoms with Crippen molar-refractivity contribution >= 4 is 23.2 Å². The van der Waals surface area contributed by atoms with E-state index in [1.807, 2.05) is 9.80 Å². The van der Waals surface area contributed by atoms with E-state index in [9.17, 15) is 9.59 Å². The van der Waals surface area contributed by atoms with Gasteiger partial charge in [-0.05, 0) is 30.2 Å². The van der Waals surface area contributed by atoms with Crippen LogP contribution >= 0.6 is 11.3 Å². The van der Waals surface area contributed by atoms with Crippen LogP contribution in [0.25, 0.3) is 0 Å². The topological polar surface area (TPSA) is 40.6 Å². The van der Waals surface area contributed by atoms with Crippen molar-refractivity contribution in [2.45, 2.75) is 50.9 Å². The molecule has 4 nitrogen and oxygen atoms in total. The lowest BCUT2D eigenvalue weighted by Crippen LogP contribution is -2.51. The summed E-state index contributed by atoms with van der Waals surface area (Å²) in [6.07, 6.45) is 8.05. The van der Waals surface area contributed by atoms with E-state index in [-0.39, 0.29) is 5.92 Å². The van der Waals surface area contributed by atoms with Gasteiger partial charge >= 0.3 is 0 Å². The maximum atomic E-state index is 12.7. The lowest BCUT2D eigenvalue weighted by atomic mass is 10.0. The summed E-state index contributed by atoms with van der Waals surface area (Å²) >= 11 is 1.76. The van der Waals surface area contributed by atoms with E-state index in [0.717, 1.165) is 18.8 Å². The van der Waals surface area contributed by atoms with Crippen molar-refractivity contribution in [3.05, 3.63) is 22.4 Å². The summed E-state index contributed by atoms with van der Waals surface area (Å²) in [5.74, 6) is 2.00. The predicted molar refractivity (Wildman–Crippen MR) is 99.5 cm³/mol. The molecule has 0 N–H and O–H groups in total. The molecule has 3 aliphatic rings. The van der Waals surface area contributed by atoms with E-state index in [1.165, 1.54) is 30.6 Å². The van der Waals surface area contributed by atoms with Crippen LogP contribution in [-0.2, 0) is 9.59 Å². The number of carbonyl (C=O) groups is 2. The molecule has 2 amide bonds. The molecular formula is C20H28N2O2S. The minimum absolute atomic E-state index is 0.184. The first-order valence-electron chi connectivity index (χ1n) is 9.82. The van der Waals surface area contributed by atoms with Gasteiger partial charge in [-0.1, -0.05) is 31.7 Å². The van der Waals surface area contributed by atoms with Gasteiger partial charge in [-0.15, -0.1) is 11.3 Å². The van der Waals surface area contributed by atoms with Crippen molar-refractivity contribution in [2.24, 2.45) is 11.8 Å². The zero-order valence-corrected chi connectivity index (χ0v) is 15.7. The van der Waals surface area contributed by atoms with Crippen molar-refractivity contribution in [1.29, 1.82) is 0 Å². The Kier molecular flexibility index (Phi) is 5.11. The monoisotopic (exact) mass is 360 g/mol. The van der Waals surface area contributed by atoms with E-state index in [2.05, 4.69) is 17.5 Å². The van der Waals surface area contributed by atoms with Crippen molar-refractivity contribution < 1.29 is 9.59 Å². The van der Waals surface area contributed by atoms with Crippen LogP contribution in [0, 0.1) is 11.8 Å². The maximum absolute atomic E-state index is 12.7. The third-order valence-corrected chi connectivity index (χ3v) is 7.21. The molecule has 2 heterocycles. The molecule has 0 spiro atoms. The van der Waals surface area contributed by atoms with Crippen LogP contribution in [0.15, 0.2) is 17.5 Å². The standard InChI is InChI=1S/C20H28N2O2S/c23-19(8-7-15-4-1-2-5-15)21-9-11-22(12-10-21)20(24)17-14-16(17)18-6-3-13-25-18/h3,6,13,15-17H,1-2,4-5,7-12,14H2. The molecule has 4 rings (SSSR count). The summed E-state index contributed by atoms with van der Waals surface area (Å²) in [6.45, 7) is 2.85. The van der Waals surface area contributed by atoms with Crippen molar-refractivity contribution in [1.82, 2.24) is 9.80 Å². The summed E-state index contributed by atoms with van der Waals surface area (Å²) in [5.41, 5.74) is 0. The lowest BCUT2D eigenvalue weighted by molar-refractivity contribution is -0.140. The minimum Gasteiger partial charge on any atom is -0.339 e. The fourth-order valence-corrected chi connectivity index (χ4v) is 5.39. The SMILES string of the molecule is O=C(CCC1CCCC1)N1CCN(C(=O)C2CC2c2cccs2)CC1. The molecular weight excluding hydrogens is 332 g/mol. The molecule has 0 aromatic carbocycles. The van der Waals surface area contributed by atoms with Gasteiger partial charge in [0.05, 0.1) is 0 Å². The second kappa shape index (κ2) is 7.48. The van der Waals surface area contributed by atoms with Crippen LogP contribution in [-0.4, -0.2) is 47.8 Å². The predicted octanol–water partition coefficient (Wildman–Crippen LogP) is 3.49. The highest BCUT2D eigenvalue weighted by Crippen LogP contribution is 2.50. The normalized spacial score (nSPS) is 26.9. The molecule has 5 heteroatoms. The Morgan fingerprint density at radius 2 is 1.80 bits per heavy atom. The fraction of sp³-hybridized carbons (Fsp3) is 0.700. The molecule has 0 radical (unpaired) electrons. The average Bonchev–Trinajstić information content (AvgIpc) is 3.06. The molecule has 136 valence electrons. The zero-order chi connectivity index (χ0) is 17.2. The van der Waals surface area contributed by atoms with Gasteiger partial charge < -0.3 is 9.80 Å². The lowest BCUT2D eigenvalue weighted by Gasteiger charge is -2.35. The van der Waals surface area contributed by atoms with E-state index in [0.29, 0.717) is 50.3 Å². The van der Waals surface area contributed by atoms with Gasteiger partial charge in [-0.25, -0.2) is 0 Å². The minimum atomic E-state index is 0.184. The highest BCUT2D eigenvalue weighted by molar-refractivity contribution is 7.10. The summed E-state index contributed by atoms with van der Waals surface area (Å²) in [7, 11) is 0. The molecule has 2 atom stereocenters. The first-order valence-corrected chi connectivity index (χ1v) is 10.7. The van der Waals surface area contributed by atoms with E-state index in [1.54, 1.807) is 11.3 Å². The van der Waals surface area contributed by atoms with Crippen molar-refractivity contribution in [3.8, 4) is 0 Å². The van der Waals surface area contributed by atoms with E-state index >= 15 is 0 Å². The molecule has 1 saturated heterocycles. The quantitative estimate of drug-likeness (QED) is 0.806. The van der Waals surface area contributed by atoms with Crippen molar-refractivity contribution in [3.63, 3.8) is 0 Å². The number of amides is 2. The van der Waals surface area contributed by atoms with Crippen LogP contribution < -0.4 is 0 Å². The second-order valence-electron chi connectivity index (χ2n) is 7.86. The van der Waals surface area contributed by atoms with Gasteiger partial charge in [0.25, 0.3) is 0 Å². The summed E-state index contributed by atoms with van der Waals surface area (Å²) < 4.78 is 0.